The van der Waals surface area contributed by atoms with E-state index in [1.807, 2.05) is 0 Å². The van der Waals surface area contributed by atoms with Gasteiger partial charge in [0.15, 0.2) is 0 Å². The van der Waals surface area contributed by atoms with Crippen molar-refractivity contribution in [2.75, 3.05) is 0 Å². The molecule has 48 valence electrons. The standard InChI is InChI=1S/C2BrF3OS/c3-1(7)8-2(4,5)6. The van der Waals surface area contributed by atoms with Crippen molar-refractivity contribution >= 4 is 31.7 Å². The number of thioether (sulfide) groups is 1. The van der Waals surface area contributed by atoms with Gasteiger partial charge in [0.25, 0.3) is 4.02 Å². The summed E-state index contributed by atoms with van der Waals surface area (Å²) in [5.74, 6) is 0. The molecule has 0 aliphatic rings. The molecule has 8 heavy (non-hydrogen) atoms. The van der Waals surface area contributed by atoms with E-state index in [-0.39, 0.29) is 0 Å². The van der Waals surface area contributed by atoms with Gasteiger partial charge >= 0.3 is 5.51 Å². The number of halogens is 4. The van der Waals surface area contributed by atoms with Crippen molar-refractivity contribution in [3.05, 3.63) is 0 Å². The third-order valence-electron chi connectivity index (χ3n) is 0.196. The van der Waals surface area contributed by atoms with Crippen molar-refractivity contribution < 1.29 is 18.0 Å². The van der Waals surface area contributed by atoms with Gasteiger partial charge < -0.3 is 0 Å². The Bertz CT molecular complexity index is 99.9. The maximum Gasteiger partial charge on any atom is 0.449 e. The number of carbonyl (C=O) groups is 1. The van der Waals surface area contributed by atoms with Crippen molar-refractivity contribution in [3.63, 3.8) is 0 Å². The fourth-order valence-electron chi connectivity index (χ4n) is 0.0910. The Kier molecular flexibility index (Phi) is 2.82. The van der Waals surface area contributed by atoms with Crippen LogP contribution in [0.2, 0.25) is 0 Å². The molecule has 0 saturated carbocycles. The molecule has 0 unspecified atom stereocenters. The van der Waals surface area contributed by atoms with E-state index in [2.05, 4.69) is 15.9 Å². The summed E-state index contributed by atoms with van der Waals surface area (Å²) in [7, 11) is 0. The van der Waals surface area contributed by atoms with Crippen LogP contribution in [0.1, 0.15) is 0 Å². The first-order valence-corrected chi connectivity index (χ1v) is 2.98. The Balaban J connectivity index is 3.55. The smallest absolute Gasteiger partial charge is 0.274 e. The molecule has 0 atom stereocenters. The normalized spacial score (nSPS) is 11.5. The van der Waals surface area contributed by atoms with E-state index in [0.29, 0.717) is 0 Å². The van der Waals surface area contributed by atoms with Gasteiger partial charge in [-0.1, -0.05) is 0 Å². The first kappa shape index (κ1) is 8.29. The third-order valence-corrected chi connectivity index (χ3v) is 1.07. The van der Waals surface area contributed by atoms with Gasteiger partial charge in [-0.2, -0.15) is 13.2 Å². The number of carbonyl (C=O) groups excluding carboxylic acids is 1. The molecular formula is C2BrF3OS. The second-order valence-electron chi connectivity index (χ2n) is 0.785. The molecule has 0 spiro atoms. The molecule has 0 radical (unpaired) electrons. The number of rotatable bonds is 0. The number of alkyl halides is 3. The minimum atomic E-state index is -4.46. The Hall–Kier alpha value is 0.290. The molecule has 0 aliphatic carbocycles. The molecule has 0 aromatic heterocycles. The maximum absolute atomic E-state index is 11.0. The highest BCUT2D eigenvalue weighted by Crippen LogP contribution is 2.32. The summed E-state index contributed by atoms with van der Waals surface area (Å²) < 4.78 is 31.9. The van der Waals surface area contributed by atoms with Crippen molar-refractivity contribution in [2.24, 2.45) is 0 Å². The van der Waals surface area contributed by atoms with Crippen LogP contribution in [0, 0.1) is 0 Å². The molecule has 0 aromatic rings. The topological polar surface area (TPSA) is 17.1 Å². The fraction of sp³-hybridized carbons (Fsp3) is 0.500. The van der Waals surface area contributed by atoms with Gasteiger partial charge in [-0.3, -0.25) is 4.79 Å². The van der Waals surface area contributed by atoms with Crippen molar-refractivity contribution in [1.29, 1.82) is 0 Å². The minimum Gasteiger partial charge on any atom is -0.274 e. The molecule has 6 heteroatoms. The van der Waals surface area contributed by atoms with Gasteiger partial charge in [0, 0.05) is 27.7 Å². The predicted molar refractivity (Wildman–Crippen MR) is 28.0 cm³/mol. The van der Waals surface area contributed by atoms with Crippen LogP contribution in [-0.2, 0) is 0 Å². The van der Waals surface area contributed by atoms with Gasteiger partial charge in [-0.25, -0.2) is 0 Å². The van der Waals surface area contributed by atoms with Gasteiger partial charge in [-0.15, -0.1) is 0 Å². The van der Waals surface area contributed by atoms with E-state index in [0.717, 1.165) is 0 Å². The summed E-state index contributed by atoms with van der Waals surface area (Å²) in [6, 6.07) is 0. The van der Waals surface area contributed by atoms with Crippen LogP contribution in [0.5, 0.6) is 0 Å². The first-order chi connectivity index (χ1) is 3.42. The molecule has 0 aliphatic heterocycles. The van der Waals surface area contributed by atoms with Gasteiger partial charge in [0.2, 0.25) is 0 Å². The molecule has 0 bridgehead atoms. The molecule has 0 aromatic carbocycles. The number of hydrogen-bond acceptors (Lipinski definition) is 2. The molecule has 0 fully saturated rings. The molecule has 0 heterocycles. The molecule has 0 N–H and O–H groups in total. The zero-order valence-corrected chi connectivity index (χ0v) is 5.73. The van der Waals surface area contributed by atoms with E-state index < -0.39 is 21.3 Å². The van der Waals surface area contributed by atoms with Crippen LogP contribution in [0.15, 0.2) is 0 Å². The van der Waals surface area contributed by atoms with Crippen LogP contribution in [0.25, 0.3) is 0 Å². The van der Waals surface area contributed by atoms with Crippen molar-refractivity contribution in [1.82, 2.24) is 0 Å². The lowest BCUT2D eigenvalue weighted by Gasteiger charge is -1.97. The summed E-state index contributed by atoms with van der Waals surface area (Å²) in [6.45, 7) is 0. The molecular weight excluding hydrogens is 209 g/mol. The highest BCUT2D eigenvalue weighted by Gasteiger charge is 2.31. The van der Waals surface area contributed by atoms with Crippen LogP contribution >= 0.6 is 27.7 Å². The molecule has 0 saturated heterocycles. The van der Waals surface area contributed by atoms with Gasteiger partial charge in [-0.05, 0) is 0 Å². The van der Waals surface area contributed by atoms with Crippen LogP contribution in [-0.4, -0.2) is 9.53 Å². The lowest BCUT2D eigenvalue weighted by Crippen LogP contribution is -2.00. The molecule has 1 nitrogen and oxygen atoms in total. The summed E-state index contributed by atoms with van der Waals surface area (Å²) in [4.78, 5) is 9.62. The maximum atomic E-state index is 11.0. The Morgan fingerprint density at radius 2 is 1.88 bits per heavy atom. The third kappa shape index (κ3) is 6.29. The quantitative estimate of drug-likeness (QED) is 0.570. The average Bonchev–Trinajstić information content (AvgIpc) is 1.21. The van der Waals surface area contributed by atoms with E-state index in [1.54, 1.807) is 0 Å². The Morgan fingerprint density at radius 1 is 1.50 bits per heavy atom. The average molecular weight is 209 g/mol. The Morgan fingerprint density at radius 3 is 1.88 bits per heavy atom. The van der Waals surface area contributed by atoms with Crippen LogP contribution < -0.4 is 0 Å². The lowest BCUT2D eigenvalue weighted by atomic mass is 11.6. The van der Waals surface area contributed by atoms with E-state index in [9.17, 15) is 18.0 Å². The van der Waals surface area contributed by atoms with Crippen molar-refractivity contribution in [3.8, 4) is 0 Å². The van der Waals surface area contributed by atoms with E-state index in [1.165, 1.54) is 0 Å². The molecule has 0 rings (SSSR count). The van der Waals surface area contributed by atoms with E-state index >= 15 is 0 Å². The summed E-state index contributed by atoms with van der Waals surface area (Å²) in [5, 5.41) is 0. The molecule has 0 amide bonds. The first-order valence-electron chi connectivity index (χ1n) is 1.37. The highest BCUT2D eigenvalue weighted by molar-refractivity contribution is 9.22. The zero-order valence-electron chi connectivity index (χ0n) is 3.33. The monoisotopic (exact) mass is 208 g/mol. The van der Waals surface area contributed by atoms with Gasteiger partial charge in [0.05, 0.1) is 0 Å². The SMILES string of the molecule is O=C(Br)SC(F)(F)F. The fourth-order valence-corrected chi connectivity index (χ4v) is 0.824. The number of hydrogen-bond donors (Lipinski definition) is 0. The predicted octanol–water partition coefficient (Wildman–Crippen LogP) is 2.75. The summed E-state index contributed by atoms with van der Waals surface area (Å²) in [6.07, 6.45) is 0. The van der Waals surface area contributed by atoms with Crippen molar-refractivity contribution in [2.45, 2.75) is 5.51 Å². The second-order valence-corrected chi connectivity index (χ2v) is 3.07. The van der Waals surface area contributed by atoms with Crippen LogP contribution in [0.3, 0.4) is 0 Å². The second kappa shape index (κ2) is 2.72. The van der Waals surface area contributed by atoms with Crippen LogP contribution in [0.4, 0.5) is 18.0 Å². The summed E-state index contributed by atoms with van der Waals surface area (Å²) >= 11 is 1.40. The lowest BCUT2D eigenvalue weighted by molar-refractivity contribution is -0.0317. The summed E-state index contributed by atoms with van der Waals surface area (Å²) in [5.41, 5.74) is -4.46. The highest BCUT2D eigenvalue weighted by atomic mass is 79.9. The largest absolute Gasteiger partial charge is 0.449 e. The van der Waals surface area contributed by atoms with Gasteiger partial charge in [0.1, 0.15) is 0 Å². The van der Waals surface area contributed by atoms with E-state index in [4.69, 9.17) is 0 Å². The zero-order chi connectivity index (χ0) is 6.78. The minimum absolute atomic E-state index is 0.711. The Labute approximate surface area is 55.8 Å².